The summed E-state index contributed by atoms with van der Waals surface area (Å²) in [7, 11) is -3.47. The molecule has 0 aliphatic carbocycles. The third kappa shape index (κ3) is 1.21. The van der Waals surface area contributed by atoms with E-state index < -0.39 is 10.1 Å². The Morgan fingerprint density at radius 1 is 1.31 bits per heavy atom. The van der Waals surface area contributed by atoms with Gasteiger partial charge in [-0.2, -0.15) is 8.42 Å². The van der Waals surface area contributed by atoms with Crippen LogP contribution in [0.2, 0.25) is 0 Å². The molecule has 3 nitrogen and oxygen atoms in total. The van der Waals surface area contributed by atoms with Gasteiger partial charge in [0.1, 0.15) is 10.6 Å². The Labute approximate surface area is 77.5 Å². The molecule has 1 aromatic carbocycles. The van der Waals surface area contributed by atoms with E-state index >= 15 is 0 Å². The monoisotopic (exact) mass is 198 g/mol. The normalized spacial score (nSPS) is 17.5. The van der Waals surface area contributed by atoms with Gasteiger partial charge in [0.15, 0.2) is 0 Å². The summed E-state index contributed by atoms with van der Waals surface area (Å²) < 4.78 is 27.3. The van der Waals surface area contributed by atoms with Gasteiger partial charge in [0, 0.05) is 0 Å². The summed E-state index contributed by atoms with van der Waals surface area (Å²) in [6.45, 7) is 4.01. The van der Waals surface area contributed by atoms with Crippen LogP contribution < -0.4 is 4.18 Å². The van der Waals surface area contributed by atoms with Crippen molar-refractivity contribution in [2.45, 2.75) is 24.7 Å². The van der Waals surface area contributed by atoms with Gasteiger partial charge in [-0.15, -0.1) is 0 Å². The van der Waals surface area contributed by atoms with Crippen molar-refractivity contribution in [1.82, 2.24) is 0 Å². The average Bonchev–Trinajstić information content (AvgIpc) is 2.02. The van der Waals surface area contributed by atoms with E-state index in [-0.39, 0.29) is 10.8 Å². The van der Waals surface area contributed by atoms with Crippen LogP contribution in [0.15, 0.2) is 23.1 Å². The van der Waals surface area contributed by atoms with Gasteiger partial charge in [-0.1, -0.05) is 13.8 Å². The summed E-state index contributed by atoms with van der Waals surface area (Å²) in [5, 5.41) is 0. The number of rotatable bonds is 1. The molecule has 3 rings (SSSR count). The Kier molecular flexibility index (Phi) is 1.63. The Morgan fingerprint density at radius 2 is 2.00 bits per heavy atom. The molecule has 4 heteroatoms. The van der Waals surface area contributed by atoms with Gasteiger partial charge in [0.05, 0.1) is 0 Å². The molecule has 0 atom stereocenters. The van der Waals surface area contributed by atoms with Crippen molar-refractivity contribution >= 4 is 10.1 Å². The molecule has 2 bridgehead atoms. The van der Waals surface area contributed by atoms with Crippen molar-refractivity contribution < 1.29 is 12.6 Å². The minimum absolute atomic E-state index is 0.256. The van der Waals surface area contributed by atoms with Crippen LogP contribution in [0.1, 0.15) is 25.3 Å². The van der Waals surface area contributed by atoms with E-state index in [0.29, 0.717) is 5.75 Å². The van der Waals surface area contributed by atoms with E-state index in [1.54, 1.807) is 18.2 Å². The molecular weight excluding hydrogens is 188 g/mol. The molecule has 2 heterocycles. The minimum atomic E-state index is -3.47. The summed E-state index contributed by atoms with van der Waals surface area (Å²) >= 11 is 0. The molecule has 0 radical (unpaired) electrons. The molecule has 0 saturated carbocycles. The van der Waals surface area contributed by atoms with Crippen molar-refractivity contribution in [3.63, 3.8) is 0 Å². The SMILES string of the molecule is CC(C)c1cc2ccc1OS2(=O)=O. The summed E-state index contributed by atoms with van der Waals surface area (Å²) in [6.07, 6.45) is 0. The second-order valence-electron chi connectivity index (χ2n) is 3.39. The van der Waals surface area contributed by atoms with Gasteiger partial charge in [0.2, 0.25) is 0 Å². The summed E-state index contributed by atoms with van der Waals surface area (Å²) in [5.74, 6) is 0.746. The van der Waals surface area contributed by atoms with E-state index in [9.17, 15) is 8.42 Å². The summed E-state index contributed by atoms with van der Waals surface area (Å²) in [4.78, 5) is 0.256. The van der Waals surface area contributed by atoms with Crippen LogP contribution >= 0.6 is 0 Å². The van der Waals surface area contributed by atoms with Crippen LogP contribution in [0, 0.1) is 0 Å². The maximum Gasteiger partial charge on any atom is 0.339 e. The lowest BCUT2D eigenvalue weighted by atomic mass is 10.0. The van der Waals surface area contributed by atoms with Crippen LogP contribution in [0.5, 0.6) is 5.75 Å². The molecule has 0 aromatic heterocycles. The highest BCUT2D eigenvalue weighted by Gasteiger charge is 2.26. The fourth-order valence-electron chi connectivity index (χ4n) is 1.38. The number of fused-ring (bicyclic) bond motifs is 3. The second kappa shape index (κ2) is 2.48. The van der Waals surface area contributed by atoms with Gasteiger partial charge in [0.25, 0.3) is 0 Å². The van der Waals surface area contributed by atoms with Gasteiger partial charge < -0.3 is 4.18 Å². The number of hydrogen-bond acceptors (Lipinski definition) is 3. The first-order valence-electron chi connectivity index (χ1n) is 4.09. The molecule has 0 N–H and O–H groups in total. The zero-order chi connectivity index (χ0) is 9.64. The Balaban J connectivity index is 2.67. The van der Waals surface area contributed by atoms with Crippen molar-refractivity contribution in [2.75, 3.05) is 0 Å². The highest BCUT2D eigenvalue weighted by molar-refractivity contribution is 7.87. The fourth-order valence-corrected chi connectivity index (χ4v) is 2.37. The predicted molar refractivity (Wildman–Crippen MR) is 48.3 cm³/mol. The van der Waals surface area contributed by atoms with Gasteiger partial charge in [-0.25, -0.2) is 0 Å². The average molecular weight is 198 g/mol. The summed E-state index contributed by atoms with van der Waals surface area (Å²) in [5.41, 5.74) is 0.951. The van der Waals surface area contributed by atoms with E-state index in [1.807, 2.05) is 13.8 Å². The third-order valence-corrected chi connectivity index (χ3v) is 3.32. The first-order valence-corrected chi connectivity index (χ1v) is 5.50. The first kappa shape index (κ1) is 8.56. The molecule has 0 unspecified atom stereocenters. The molecule has 13 heavy (non-hydrogen) atoms. The number of hydrogen-bond donors (Lipinski definition) is 0. The molecule has 2 aliphatic rings. The Hall–Kier alpha value is -1.03. The van der Waals surface area contributed by atoms with Crippen LogP contribution in [0.3, 0.4) is 0 Å². The molecule has 0 amide bonds. The maximum atomic E-state index is 11.2. The Morgan fingerprint density at radius 3 is 2.38 bits per heavy atom. The zero-order valence-electron chi connectivity index (χ0n) is 7.44. The minimum Gasteiger partial charge on any atom is -0.379 e. The quantitative estimate of drug-likeness (QED) is 0.647. The molecule has 1 aromatic rings. The molecule has 70 valence electrons. The van der Waals surface area contributed by atoms with E-state index in [1.165, 1.54) is 0 Å². The van der Waals surface area contributed by atoms with Crippen LogP contribution in [-0.2, 0) is 10.1 Å². The molecular formula is C9H10O3S. The van der Waals surface area contributed by atoms with Crippen LogP contribution in [0.25, 0.3) is 0 Å². The first-order chi connectivity index (χ1) is 6.00. The largest absolute Gasteiger partial charge is 0.379 e. The van der Waals surface area contributed by atoms with Crippen molar-refractivity contribution in [3.8, 4) is 5.75 Å². The second-order valence-corrected chi connectivity index (χ2v) is 4.94. The topological polar surface area (TPSA) is 43.4 Å². The lowest BCUT2D eigenvalue weighted by Crippen LogP contribution is -2.16. The molecule has 0 saturated heterocycles. The number of benzene rings is 1. The highest BCUT2D eigenvalue weighted by atomic mass is 32.2. The lowest BCUT2D eigenvalue weighted by Gasteiger charge is -2.20. The van der Waals surface area contributed by atoms with Crippen molar-refractivity contribution in [3.05, 3.63) is 23.8 Å². The lowest BCUT2D eigenvalue weighted by molar-refractivity contribution is 0.471. The van der Waals surface area contributed by atoms with Crippen molar-refractivity contribution in [1.29, 1.82) is 0 Å². The zero-order valence-corrected chi connectivity index (χ0v) is 8.26. The van der Waals surface area contributed by atoms with Gasteiger partial charge >= 0.3 is 10.1 Å². The molecule has 0 fully saturated rings. The maximum absolute atomic E-state index is 11.2. The van der Waals surface area contributed by atoms with E-state index in [0.717, 1.165) is 5.56 Å². The summed E-state index contributed by atoms with van der Waals surface area (Å²) in [6, 6.07) is 4.95. The smallest absolute Gasteiger partial charge is 0.339 e. The van der Waals surface area contributed by atoms with E-state index in [2.05, 4.69) is 0 Å². The van der Waals surface area contributed by atoms with Crippen molar-refractivity contribution in [2.24, 2.45) is 0 Å². The van der Waals surface area contributed by atoms with E-state index in [4.69, 9.17) is 4.18 Å². The molecule has 0 spiro atoms. The fraction of sp³-hybridized carbons (Fsp3) is 0.333. The van der Waals surface area contributed by atoms with Gasteiger partial charge in [-0.05, 0) is 29.7 Å². The van der Waals surface area contributed by atoms with Crippen LogP contribution in [-0.4, -0.2) is 8.42 Å². The highest BCUT2D eigenvalue weighted by Crippen LogP contribution is 2.35. The molecule has 2 aliphatic heterocycles. The standard InChI is InChI=1S/C9H10O3S/c1-6(2)8-5-7-3-4-9(8)12-13(7,10)11/h3-6H,1-2H3. The Bertz CT molecular complexity index is 446. The van der Waals surface area contributed by atoms with Crippen LogP contribution in [0.4, 0.5) is 0 Å². The third-order valence-electron chi connectivity index (χ3n) is 2.09. The van der Waals surface area contributed by atoms with Gasteiger partial charge in [-0.3, -0.25) is 0 Å². The predicted octanol–water partition coefficient (Wildman–Crippen LogP) is 1.89.